The number of rotatable bonds is 15. The third-order valence-corrected chi connectivity index (χ3v) is 4.99. The lowest BCUT2D eigenvalue weighted by atomic mass is 10.0. The first-order valence-electron chi connectivity index (χ1n) is 9.65. The van der Waals surface area contributed by atoms with Crippen LogP contribution < -0.4 is 21.7 Å². The van der Waals surface area contributed by atoms with Crippen molar-refractivity contribution in [2.45, 2.75) is 57.3 Å². The summed E-state index contributed by atoms with van der Waals surface area (Å²) in [5, 5.41) is 34.4. The number of carbonyl (C=O) groups is 5. The van der Waals surface area contributed by atoms with Crippen molar-refractivity contribution in [3.8, 4) is 0 Å². The van der Waals surface area contributed by atoms with Gasteiger partial charge >= 0.3 is 11.9 Å². The first kappa shape index (κ1) is 28.6. The van der Waals surface area contributed by atoms with Gasteiger partial charge in [-0.2, -0.15) is 11.8 Å². The number of thioether (sulfide) groups is 1. The third-order valence-electron chi connectivity index (χ3n) is 4.34. The number of aliphatic carboxylic acids is 2. The van der Waals surface area contributed by atoms with Gasteiger partial charge in [-0.1, -0.05) is 13.8 Å². The zero-order valence-corrected chi connectivity index (χ0v) is 18.6. The zero-order chi connectivity index (χ0) is 24.1. The van der Waals surface area contributed by atoms with Crippen molar-refractivity contribution >= 4 is 41.4 Å². The van der Waals surface area contributed by atoms with Crippen LogP contribution in [0.25, 0.3) is 0 Å². The molecule has 31 heavy (non-hydrogen) atoms. The molecule has 12 nitrogen and oxygen atoms in total. The van der Waals surface area contributed by atoms with Gasteiger partial charge in [0.15, 0.2) is 0 Å². The average molecular weight is 465 g/mol. The van der Waals surface area contributed by atoms with Crippen molar-refractivity contribution in [1.82, 2.24) is 16.0 Å². The van der Waals surface area contributed by atoms with Gasteiger partial charge in [-0.25, -0.2) is 4.79 Å². The Morgan fingerprint density at radius 2 is 1.39 bits per heavy atom. The van der Waals surface area contributed by atoms with Gasteiger partial charge in [0.2, 0.25) is 17.7 Å². The van der Waals surface area contributed by atoms with E-state index in [1.54, 1.807) is 20.1 Å². The number of aliphatic hydroxyl groups excluding tert-OH is 1. The van der Waals surface area contributed by atoms with E-state index in [-0.39, 0.29) is 18.8 Å². The molecule has 0 aromatic heterocycles. The molecular weight excluding hydrogens is 432 g/mol. The van der Waals surface area contributed by atoms with E-state index in [4.69, 9.17) is 10.8 Å². The quantitative estimate of drug-likeness (QED) is 0.143. The van der Waals surface area contributed by atoms with Crippen molar-refractivity contribution in [2.24, 2.45) is 11.7 Å². The van der Waals surface area contributed by atoms with Crippen molar-refractivity contribution in [1.29, 1.82) is 0 Å². The average Bonchev–Trinajstić information content (AvgIpc) is 2.70. The maximum atomic E-state index is 12.6. The molecule has 0 aliphatic carbocycles. The lowest BCUT2D eigenvalue weighted by Gasteiger charge is -2.24. The van der Waals surface area contributed by atoms with E-state index in [0.717, 1.165) is 0 Å². The van der Waals surface area contributed by atoms with E-state index in [1.807, 2.05) is 0 Å². The minimum Gasteiger partial charge on any atom is -0.481 e. The monoisotopic (exact) mass is 464 g/mol. The van der Waals surface area contributed by atoms with Crippen molar-refractivity contribution < 1.29 is 39.3 Å². The Labute approximate surface area is 184 Å². The lowest BCUT2D eigenvalue weighted by molar-refractivity contribution is -0.142. The van der Waals surface area contributed by atoms with Gasteiger partial charge in [-0.05, 0) is 30.8 Å². The van der Waals surface area contributed by atoms with Crippen molar-refractivity contribution in [3.63, 3.8) is 0 Å². The Morgan fingerprint density at radius 1 is 0.871 bits per heavy atom. The van der Waals surface area contributed by atoms with E-state index >= 15 is 0 Å². The molecule has 0 radical (unpaired) electrons. The number of carboxylic acids is 2. The standard InChI is InChI=1S/C18H32N4O8S/c1-9(2)14(19)17(28)20-10(4-5-13(24)25)15(26)22-12(8-23)16(27)21-11(18(29)30)6-7-31-3/h9-12,14,23H,4-8,19H2,1-3H3,(H,20,28)(H,21,27)(H,22,26)(H,24,25)(H,29,30). The summed E-state index contributed by atoms with van der Waals surface area (Å²) >= 11 is 1.39. The number of nitrogens with one attached hydrogen (secondary N) is 3. The number of hydrogen-bond acceptors (Lipinski definition) is 8. The topological polar surface area (TPSA) is 208 Å². The first-order chi connectivity index (χ1) is 14.4. The lowest BCUT2D eigenvalue weighted by Crippen LogP contribution is -2.58. The summed E-state index contributed by atoms with van der Waals surface area (Å²) in [5.41, 5.74) is 5.74. The fourth-order valence-electron chi connectivity index (χ4n) is 2.34. The second-order valence-electron chi connectivity index (χ2n) is 7.19. The van der Waals surface area contributed by atoms with Gasteiger partial charge in [-0.15, -0.1) is 0 Å². The predicted molar refractivity (Wildman–Crippen MR) is 113 cm³/mol. The molecule has 0 heterocycles. The van der Waals surface area contributed by atoms with Gasteiger partial charge < -0.3 is 37.0 Å². The summed E-state index contributed by atoms with van der Waals surface area (Å²) in [6.07, 6.45) is 1.19. The summed E-state index contributed by atoms with van der Waals surface area (Å²) in [7, 11) is 0. The molecule has 0 aliphatic heterocycles. The maximum absolute atomic E-state index is 12.6. The molecule has 0 bridgehead atoms. The van der Waals surface area contributed by atoms with E-state index in [1.165, 1.54) is 11.8 Å². The van der Waals surface area contributed by atoms with Crippen LogP contribution in [0.1, 0.15) is 33.1 Å². The molecule has 4 atom stereocenters. The largest absolute Gasteiger partial charge is 0.481 e. The summed E-state index contributed by atoms with van der Waals surface area (Å²) < 4.78 is 0. The molecule has 13 heteroatoms. The van der Waals surface area contributed by atoms with Crippen LogP contribution in [0.4, 0.5) is 0 Å². The normalized spacial score (nSPS) is 14.8. The predicted octanol–water partition coefficient (Wildman–Crippen LogP) is -1.88. The highest BCUT2D eigenvalue weighted by molar-refractivity contribution is 7.98. The molecule has 0 spiro atoms. The number of nitrogens with two attached hydrogens (primary N) is 1. The highest BCUT2D eigenvalue weighted by Crippen LogP contribution is 2.05. The number of hydrogen-bond donors (Lipinski definition) is 7. The van der Waals surface area contributed by atoms with E-state index < -0.39 is 66.9 Å². The highest BCUT2D eigenvalue weighted by atomic mass is 32.2. The molecule has 0 aromatic carbocycles. The van der Waals surface area contributed by atoms with Crippen molar-refractivity contribution in [2.75, 3.05) is 18.6 Å². The van der Waals surface area contributed by atoms with E-state index in [2.05, 4.69) is 16.0 Å². The molecule has 178 valence electrons. The van der Waals surface area contributed by atoms with Crippen LogP contribution in [0, 0.1) is 5.92 Å². The fraction of sp³-hybridized carbons (Fsp3) is 0.722. The Morgan fingerprint density at radius 3 is 1.84 bits per heavy atom. The number of carbonyl (C=O) groups excluding carboxylic acids is 3. The minimum atomic E-state index is -1.49. The molecular formula is C18H32N4O8S. The summed E-state index contributed by atoms with van der Waals surface area (Å²) in [6.45, 7) is 2.55. The Balaban J connectivity index is 5.26. The Hall–Kier alpha value is -2.38. The van der Waals surface area contributed by atoms with Gasteiger partial charge in [0.1, 0.15) is 18.1 Å². The van der Waals surface area contributed by atoms with Crippen LogP contribution in [0.3, 0.4) is 0 Å². The first-order valence-corrected chi connectivity index (χ1v) is 11.0. The van der Waals surface area contributed by atoms with E-state index in [0.29, 0.717) is 5.75 Å². The van der Waals surface area contributed by atoms with Crippen LogP contribution in [-0.4, -0.2) is 87.8 Å². The summed E-state index contributed by atoms with van der Waals surface area (Å²) in [6, 6.07) is -4.96. The molecule has 0 fully saturated rings. The molecule has 8 N–H and O–H groups in total. The second kappa shape index (κ2) is 14.6. The smallest absolute Gasteiger partial charge is 0.326 e. The van der Waals surface area contributed by atoms with Crippen LogP contribution in [0.2, 0.25) is 0 Å². The second-order valence-corrected chi connectivity index (χ2v) is 8.17. The summed E-state index contributed by atoms with van der Waals surface area (Å²) in [4.78, 5) is 59.3. The zero-order valence-electron chi connectivity index (χ0n) is 17.8. The third kappa shape index (κ3) is 11.0. The molecule has 0 aromatic rings. The molecule has 0 rings (SSSR count). The van der Waals surface area contributed by atoms with Gasteiger partial charge in [-0.3, -0.25) is 19.2 Å². The van der Waals surface area contributed by atoms with E-state index in [9.17, 15) is 34.2 Å². The Kier molecular flexibility index (Phi) is 13.5. The van der Waals surface area contributed by atoms with Crippen LogP contribution >= 0.6 is 11.8 Å². The number of aliphatic hydroxyl groups is 1. The highest BCUT2D eigenvalue weighted by Gasteiger charge is 2.30. The fourth-order valence-corrected chi connectivity index (χ4v) is 2.81. The minimum absolute atomic E-state index is 0.138. The SMILES string of the molecule is CSCCC(NC(=O)C(CO)NC(=O)C(CCC(=O)O)NC(=O)C(N)C(C)C)C(=O)O. The number of carboxylic acid groups (broad SMARTS) is 2. The van der Waals surface area contributed by atoms with Crippen LogP contribution in [0.5, 0.6) is 0 Å². The summed E-state index contributed by atoms with van der Waals surface area (Å²) in [5.74, 6) is -4.74. The maximum Gasteiger partial charge on any atom is 0.326 e. The molecule has 4 unspecified atom stereocenters. The number of amides is 3. The molecule has 0 aliphatic rings. The van der Waals surface area contributed by atoms with Crippen molar-refractivity contribution in [3.05, 3.63) is 0 Å². The van der Waals surface area contributed by atoms with Gasteiger partial charge in [0.25, 0.3) is 0 Å². The Bertz CT molecular complexity index is 646. The van der Waals surface area contributed by atoms with Crippen LogP contribution in [0.15, 0.2) is 0 Å². The van der Waals surface area contributed by atoms with Gasteiger partial charge in [0, 0.05) is 6.42 Å². The molecule has 0 saturated heterocycles. The molecule has 0 saturated carbocycles. The van der Waals surface area contributed by atoms with Crippen LogP contribution in [-0.2, 0) is 24.0 Å². The van der Waals surface area contributed by atoms with Gasteiger partial charge in [0.05, 0.1) is 12.6 Å². The molecule has 3 amide bonds.